The Balaban J connectivity index is 2.06. The molecule has 0 fully saturated rings. The first-order valence-electron chi connectivity index (χ1n) is 6.90. The van der Waals surface area contributed by atoms with Crippen LogP contribution in [0.2, 0.25) is 0 Å². The SMILES string of the molecule is CC(C)(C)C(CCBr)NC(=O)c1cc2c(s1)CCC2. The minimum atomic E-state index is 0.0867. The number of halogens is 1. The summed E-state index contributed by atoms with van der Waals surface area (Å²) in [7, 11) is 0. The van der Waals surface area contributed by atoms with Gasteiger partial charge in [0.25, 0.3) is 5.91 Å². The van der Waals surface area contributed by atoms with Gasteiger partial charge in [-0.3, -0.25) is 4.79 Å². The van der Waals surface area contributed by atoms with E-state index in [1.165, 1.54) is 16.9 Å². The number of aryl methyl sites for hydroxylation is 2. The number of carbonyl (C=O) groups excluding carboxylic acids is 1. The maximum absolute atomic E-state index is 12.4. The molecule has 0 aromatic carbocycles. The highest BCUT2D eigenvalue weighted by Crippen LogP contribution is 2.31. The molecule has 1 amide bonds. The quantitative estimate of drug-likeness (QED) is 0.816. The van der Waals surface area contributed by atoms with Gasteiger partial charge in [0.1, 0.15) is 0 Å². The summed E-state index contributed by atoms with van der Waals surface area (Å²) in [6, 6.07) is 2.30. The molecule has 4 heteroatoms. The van der Waals surface area contributed by atoms with Gasteiger partial charge in [-0.25, -0.2) is 0 Å². The van der Waals surface area contributed by atoms with Crippen LogP contribution in [0.15, 0.2) is 6.07 Å². The van der Waals surface area contributed by atoms with Crippen molar-refractivity contribution < 1.29 is 4.79 Å². The maximum Gasteiger partial charge on any atom is 0.261 e. The molecule has 1 aromatic heterocycles. The molecule has 0 saturated heterocycles. The zero-order chi connectivity index (χ0) is 14.0. The van der Waals surface area contributed by atoms with E-state index in [1.807, 2.05) is 0 Å². The first kappa shape index (κ1) is 15.0. The van der Waals surface area contributed by atoms with Crippen LogP contribution in [-0.4, -0.2) is 17.3 Å². The topological polar surface area (TPSA) is 29.1 Å². The number of rotatable bonds is 4. The van der Waals surface area contributed by atoms with Crippen LogP contribution in [0.25, 0.3) is 0 Å². The molecule has 106 valence electrons. The molecule has 0 radical (unpaired) electrons. The van der Waals surface area contributed by atoms with Crippen molar-refractivity contribution in [1.29, 1.82) is 0 Å². The molecule has 1 unspecified atom stereocenters. The normalized spacial score (nSPS) is 16.2. The lowest BCUT2D eigenvalue weighted by Gasteiger charge is -2.31. The number of hydrogen-bond donors (Lipinski definition) is 1. The van der Waals surface area contributed by atoms with Crippen molar-refractivity contribution in [3.8, 4) is 0 Å². The molecule has 0 saturated carbocycles. The lowest BCUT2D eigenvalue weighted by molar-refractivity contribution is 0.0905. The summed E-state index contributed by atoms with van der Waals surface area (Å²) in [6.07, 6.45) is 4.50. The molecule has 1 atom stereocenters. The van der Waals surface area contributed by atoms with Crippen molar-refractivity contribution in [2.24, 2.45) is 5.41 Å². The highest BCUT2D eigenvalue weighted by atomic mass is 79.9. The number of thiophene rings is 1. The van der Waals surface area contributed by atoms with E-state index in [9.17, 15) is 4.79 Å². The van der Waals surface area contributed by atoms with E-state index in [0.29, 0.717) is 0 Å². The van der Waals surface area contributed by atoms with Gasteiger partial charge in [-0.15, -0.1) is 11.3 Å². The van der Waals surface area contributed by atoms with Gasteiger partial charge < -0.3 is 5.32 Å². The van der Waals surface area contributed by atoms with Crippen LogP contribution in [0.4, 0.5) is 0 Å². The maximum atomic E-state index is 12.4. The van der Waals surface area contributed by atoms with Crippen LogP contribution < -0.4 is 5.32 Å². The molecule has 1 heterocycles. The second-order valence-corrected chi connectivity index (χ2v) is 8.21. The van der Waals surface area contributed by atoms with Crippen molar-refractivity contribution >= 4 is 33.2 Å². The summed E-state index contributed by atoms with van der Waals surface area (Å²) in [6.45, 7) is 6.53. The van der Waals surface area contributed by atoms with Crippen LogP contribution in [-0.2, 0) is 12.8 Å². The summed E-state index contributed by atoms with van der Waals surface area (Å²) in [4.78, 5) is 14.7. The molecule has 1 aliphatic rings. The lowest BCUT2D eigenvalue weighted by atomic mass is 9.85. The van der Waals surface area contributed by atoms with E-state index < -0.39 is 0 Å². The Morgan fingerprint density at radius 3 is 2.79 bits per heavy atom. The van der Waals surface area contributed by atoms with Crippen molar-refractivity contribution in [2.75, 3.05) is 5.33 Å². The van der Waals surface area contributed by atoms with Crippen molar-refractivity contribution in [3.63, 3.8) is 0 Å². The van der Waals surface area contributed by atoms with Gasteiger partial charge in [-0.2, -0.15) is 0 Å². The molecular formula is C15H22BrNOS. The van der Waals surface area contributed by atoms with E-state index in [1.54, 1.807) is 11.3 Å². The minimum absolute atomic E-state index is 0.0867. The van der Waals surface area contributed by atoms with E-state index >= 15 is 0 Å². The number of amides is 1. The van der Waals surface area contributed by atoms with E-state index in [2.05, 4.69) is 48.1 Å². The highest BCUT2D eigenvalue weighted by Gasteiger charge is 2.27. The predicted molar refractivity (Wildman–Crippen MR) is 85.5 cm³/mol. The summed E-state index contributed by atoms with van der Waals surface area (Å²) in [5.41, 5.74) is 1.48. The summed E-state index contributed by atoms with van der Waals surface area (Å²) < 4.78 is 0. The Labute approximate surface area is 128 Å². The van der Waals surface area contributed by atoms with Crippen LogP contribution in [0, 0.1) is 5.41 Å². The summed E-state index contributed by atoms with van der Waals surface area (Å²) in [5, 5.41) is 4.12. The number of alkyl halides is 1. The predicted octanol–water partition coefficient (Wildman–Crippen LogP) is 4.17. The molecule has 1 aliphatic carbocycles. The molecule has 0 spiro atoms. The Hall–Kier alpha value is -0.350. The monoisotopic (exact) mass is 343 g/mol. The average molecular weight is 344 g/mol. The molecular weight excluding hydrogens is 322 g/mol. The van der Waals surface area contributed by atoms with Crippen LogP contribution >= 0.6 is 27.3 Å². The summed E-state index contributed by atoms with van der Waals surface area (Å²) >= 11 is 5.15. The van der Waals surface area contributed by atoms with Gasteiger partial charge in [0, 0.05) is 16.2 Å². The Morgan fingerprint density at radius 1 is 1.47 bits per heavy atom. The molecule has 2 nitrogen and oxygen atoms in total. The molecule has 1 aromatic rings. The van der Waals surface area contributed by atoms with E-state index in [0.717, 1.165) is 29.5 Å². The van der Waals surface area contributed by atoms with Crippen molar-refractivity contribution in [1.82, 2.24) is 5.32 Å². The third-order valence-electron chi connectivity index (χ3n) is 3.72. The molecule has 0 bridgehead atoms. The summed E-state index contributed by atoms with van der Waals surface area (Å²) in [5.74, 6) is 0.0975. The van der Waals surface area contributed by atoms with Gasteiger partial charge >= 0.3 is 0 Å². The molecule has 19 heavy (non-hydrogen) atoms. The van der Waals surface area contributed by atoms with E-state index in [-0.39, 0.29) is 17.4 Å². The Morgan fingerprint density at radius 2 is 2.21 bits per heavy atom. The molecule has 1 N–H and O–H groups in total. The van der Waals surface area contributed by atoms with Gasteiger partial charge in [0.2, 0.25) is 0 Å². The second-order valence-electron chi connectivity index (χ2n) is 6.28. The zero-order valence-corrected chi connectivity index (χ0v) is 14.3. The van der Waals surface area contributed by atoms with E-state index in [4.69, 9.17) is 0 Å². The van der Waals surface area contributed by atoms with Gasteiger partial charge in [-0.05, 0) is 42.7 Å². The van der Waals surface area contributed by atoms with Gasteiger partial charge in [0.15, 0.2) is 0 Å². The molecule has 2 rings (SSSR count). The number of nitrogens with one attached hydrogen (secondary N) is 1. The largest absolute Gasteiger partial charge is 0.348 e. The van der Waals surface area contributed by atoms with Gasteiger partial charge in [0.05, 0.1) is 4.88 Å². The second kappa shape index (κ2) is 5.96. The number of fused-ring (bicyclic) bond motifs is 1. The van der Waals surface area contributed by atoms with Crippen LogP contribution in [0.5, 0.6) is 0 Å². The zero-order valence-electron chi connectivity index (χ0n) is 11.9. The third kappa shape index (κ3) is 3.60. The van der Waals surface area contributed by atoms with Gasteiger partial charge in [-0.1, -0.05) is 36.7 Å². The average Bonchev–Trinajstić information content (AvgIpc) is 2.86. The first-order chi connectivity index (χ1) is 8.91. The first-order valence-corrected chi connectivity index (χ1v) is 8.84. The van der Waals surface area contributed by atoms with Crippen LogP contribution in [0.1, 0.15) is 53.7 Å². The standard InChI is InChI=1S/C15H22BrNOS/c1-15(2,3)13(7-8-16)17-14(18)12-9-10-5-4-6-11(10)19-12/h9,13H,4-8H2,1-3H3,(H,17,18). The lowest BCUT2D eigenvalue weighted by Crippen LogP contribution is -2.43. The molecule has 0 aliphatic heterocycles. The fourth-order valence-electron chi connectivity index (χ4n) is 2.50. The number of hydrogen-bond acceptors (Lipinski definition) is 2. The Kier molecular flexibility index (Phi) is 4.72. The smallest absolute Gasteiger partial charge is 0.261 e. The fourth-order valence-corrected chi connectivity index (χ4v) is 4.12. The number of carbonyl (C=O) groups is 1. The highest BCUT2D eigenvalue weighted by molar-refractivity contribution is 9.09. The fraction of sp³-hybridized carbons (Fsp3) is 0.667. The Bertz CT molecular complexity index is 440. The van der Waals surface area contributed by atoms with Crippen LogP contribution in [0.3, 0.4) is 0 Å². The third-order valence-corrected chi connectivity index (χ3v) is 5.41. The minimum Gasteiger partial charge on any atom is -0.348 e. The van der Waals surface area contributed by atoms with Crippen molar-refractivity contribution in [2.45, 2.75) is 52.5 Å². The van der Waals surface area contributed by atoms with Crippen molar-refractivity contribution in [3.05, 3.63) is 21.4 Å².